The van der Waals surface area contributed by atoms with E-state index in [2.05, 4.69) is 11.1 Å². The van der Waals surface area contributed by atoms with Crippen LogP contribution in [0.1, 0.15) is 6.92 Å². The Labute approximate surface area is 60.6 Å². The Hall–Kier alpha value is -0.530. The summed E-state index contributed by atoms with van der Waals surface area (Å²) in [6, 6.07) is 0. The predicted molar refractivity (Wildman–Crippen MR) is 40.8 cm³/mol. The second kappa shape index (κ2) is 4.31. The van der Waals surface area contributed by atoms with Gasteiger partial charge in [-0.3, -0.25) is 0 Å². The molecule has 0 aromatic heterocycles. The minimum atomic E-state index is -3.41. The molecule has 0 amide bonds. The molecule has 0 saturated carbocycles. The number of hydrogen-bond donors (Lipinski definition) is 1. The summed E-state index contributed by atoms with van der Waals surface area (Å²) < 4.78 is 15.3. The molecule has 10 heavy (non-hydrogen) atoms. The maximum atomic E-state index is 10.8. The van der Waals surface area contributed by atoms with E-state index in [4.69, 9.17) is 4.89 Å². The van der Waals surface area contributed by atoms with Gasteiger partial charge in [0.25, 0.3) is 0 Å². The fourth-order valence-corrected chi connectivity index (χ4v) is 1.09. The van der Waals surface area contributed by atoms with Crippen LogP contribution < -0.4 is 0 Å². The van der Waals surface area contributed by atoms with Crippen LogP contribution in [0.4, 0.5) is 0 Å². The average molecular weight is 162 g/mol. The normalized spacial score (nSPS) is 16.6. The molecule has 0 saturated heterocycles. The van der Waals surface area contributed by atoms with Crippen molar-refractivity contribution in [3.63, 3.8) is 0 Å². The van der Waals surface area contributed by atoms with Gasteiger partial charge in [-0.15, -0.1) is 6.58 Å². The lowest BCUT2D eigenvalue weighted by molar-refractivity contribution is 0.351. The Bertz CT molecular complexity index is 174. The summed E-state index contributed by atoms with van der Waals surface area (Å²) in [5.74, 6) is 0. The first kappa shape index (κ1) is 9.47. The monoisotopic (exact) mass is 162 g/mol. The second-order valence-electron chi connectivity index (χ2n) is 1.68. The third-order valence-electron chi connectivity index (χ3n) is 0.721. The van der Waals surface area contributed by atoms with Crippen molar-refractivity contribution in [1.29, 1.82) is 0 Å². The van der Waals surface area contributed by atoms with Crippen LogP contribution >= 0.6 is 7.60 Å². The van der Waals surface area contributed by atoms with Gasteiger partial charge in [0.05, 0.1) is 12.4 Å². The summed E-state index contributed by atoms with van der Waals surface area (Å²) in [6.07, 6.45) is 4.08. The van der Waals surface area contributed by atoms with E-state index in [9.17, 15) is 4.57 Å². The molecule has 0 spiro atoms. The van der Waals surface area contributed by atoms with Crippen molar-refractivity contribution < 1.29 is 14.0 Å². The zero-order chi connectivity index (χ0) is 8.04. The lowest BCUT2D eigenvalue weighted by Crippen LogP contribution is -1.85. The van der Waals surface area contributed by atoms with E-state index in [1.807, 2.05) is 0 Å². The van der Waals surface area contributed by atoms with Gasteiger partial charge < -0.3 is 9.42 Å². The summed E-state index contributed by atoms with van der Waals surface area (Å²) in [4.78, 5) is 8.86. The molecule has 0 aliphatic heterocycles. The van der Waals surface area contributed by atoms with Crippen LogP contribution in [-0.4, -0.2) is 11.1 Å². The molecule has 0 heterocycles. The van der Waals surface area contributed by atoms with E-state index in [-0.39, 0.29) is 6.16 Å². The average Bonchev–Trinajstić information content (AvgIpc) is 1.84. The molecule has 1 unspecified atom stereocenters. The summed E-state index contributed by atoms with van der Waals surface area (Å²) in [6.45, 7) is 5.02. The SMILES string of the molecule is C=CCP(=O)(O)OC=CC. The number of hydrogen-bond acceptors (Lipinski definition) is 2. The summed E-state index contributed by atoms with van der Waals surface area (Å²) in [5, 5.41) is 0. The quantitative estimate of drug-likeness (QED) is 0.390. The lowest BCUT2D eigenvalue weighted by atomic mass is 10.8. The smallest absolute Gasteiger partial charge is 0.379 e. The molecule has 1 N–H and O–H groups in total. The van der Waals surface area contributed by atoms with Crippen LogP contribution in [0.5, 0.6) is 0 Å². The Balaban J connectivity index is 3.86. The Morgan fingerprint density at radius 1 is 1.80 bits per heavy atom. The fourth-order valence-electron chi connectivity index (χ4n) is 0.362. The maximum absolute atomic E-state index is 10.8. The van der Waals surface area contributed by atoms with E-state index < -0.39 is 7.60 Å². The van der Waals surface area contributed by atoms with Gasteiger partial charge in [0.1, 0.15) is 0 Å². The highest BCUT2D eigenvalue weighted by molar-refractivity contribution is 7.53. The molecule has 0 fully saturated rings. The van der Waals surface area contributed by atoms with Gasteiger partial charge in [0.2, 0.25) is 0 Å². The molecule has 3 nitrogen and oxygen atoms in total. The van der Waals surface area contributed by atoms with E-state index in [1.54, 1.807) is 13.0 Å². The largest absolute Gasteiger partial charge is 0.433 e. The molecule has 0 rings (SSSR count). The zero-order valence-corrected chi connectivity index (χ0v) is 6.75. The van der Waals surface area contributed by atoms with Crippen molar-refractivity contribution in [2.45, 2.75) is 6.92 Å². The molecular formula is C6H11O3P. The van der Waals surface area contributed by atoms with Crippen LogP contribution in [0.2, 0.25) is 0 Å². The Morgan fingerprint density at radius 2 is 2.40 bits per heavy atom. The van der Waals surface area contributed by atoms with Gasteiger partial charge in [0.15, 0.2) is 0 Å². The third kappa shape index (κ3) is 4.36. The first-order valence-corrected chi connectivity index (χ1v) is 4.61. The standard InChI is InChI=1S/C6H11O3P/c1-3-5-9-10(7,8)6-4-2/h3-5H,2,6H2,1H3,(H,7,8). The summed E-state index contributed by atoms with van der Waals surface area (Å²) >= 11 is 0. The van der Waals surface area contributed by atoms with Crippen LogP contribution in [0.15, 0.2) is 25.0 Å². The fraction of sp³-hybridized carbons (Fsp3) is 0.333. The van der Waals surface area contributed by atoms with Gasteiger partial charge in [-0.25, -0.2) is 4.57 Å². The minimum Gasteiger partial charge on any atom is -0.433 e. The Morgan fingerprint density at radius 3 is 2.80 bits per heavy atom. The highest BCUT2D eigenvalue weighted by Crippen LogP contribution is 2.41. The van der Waals surface area contributed by atoms with Crippen LogP contribution in [-0.2, 0) is 9.09 Å². The molecule has 4 heteroatoms. The van der Waals surface area contributed by atoms with E-state index in [0.29, 0.717) is 0 Å². The molecule has 0 aromatic carbocycles. The van der Waals surface area contributed by atoms with Crippen LogP contribution in [0.3, 0.4) is 0 Å². The molecular weight excluding hydrogens is 151 g/mol. The van der Waals surface area contributed by atoms with Crippen molar-refractivity contribution in [1.82, 2.24) is 0 Å². The van der Waals surface area contributed by atoms with Crippen LogP contribution in [0, 0.1) is 0 Å². The van der Waals surface area contributed by atoms with Gasteiger partial charge in [-0.1, -0.05) is 12.2 Å². The van der Waals surface area contributed by atoms with Gasteiger partial charge >= 0.3 is 7.60 Å². The molecule has 0 bridgehead atoms. The van der Waals surface area contributed by atoms with E-state index >= 15 is 0 Å². The number of allylic oxidation sites excluding steroid dienone is 2. The van der Waals surface area contributed by atoms with Crippen molar-refractivity contribution in [2.24, 2.45) is 0 Å². The first-order valence-electron chi connectivity index (χ1n) is 2.84. The van der Waals surface area contributed by atoms with Crippen molar-refractivity contribution >= 4 is 7.60 Å². The van der Waals surface area contributed by atoms with Gasteiger partial charge in [0, 0.05) is 0 Å². The topological polar surface area (TPSA) is 46.5 Å². The molecule has 1 atom stereocenters. The van der Waals surface area contributed by atoms with Gasteiger partial charge in [-0.2, -0.15) is 0 Å². The molecule has 0 aliphatic rings. The van der Waals surface area contributed by atoms with Gasteiger partial charge in [-0.05, 0) is 6.92 Å². The zero-order valence-electron chi connectivity index (χ0n) is 5.86. The maximum Gasteiger partial charge on any atom is 0.379 e. The lowest BCUT2D eigenvalue weighted by Gasteiger charge is -2.05. The number of rotatable bonds is 4. The molecule has 58 valence electrons. The van der Waals surface area contributed by atoms with E-state index in [1.165, 1.54) is 12.3 Å². The summed E-state index contributed by atoms with van der Waals surface area (Å²) in [5.41, 5.74) is 0. The van der Waals surface area contributed by atoms with Crippen molar-refractivity contribution in [3.05, 3.63) is 25.0 Å². The van der Waals surface area contributed by atoms with E-state index in [0.717, 1.165) is 0 Å². The highest BCUT2D eigenvalue weighted by atomic mass is 31.2. The Kier molecular flexibility index (Phi) is 4.08. The molecule has 0 radical (unpaired) electrons. The summed E-state index contributed by atoms with van der Waals surface area (Å²) in [7, 11) is -3.41. The minimum absolute atomic E-state index is 0.0165. The second-order valence-corrected chi connectivity index (χ2v) is 3.53. The molecule has 0 aromatic rings. The third-order valence-corrected chi connectivity index (χ3v) is 1.89. The molecule has 0 aliphatic carbocycles. The predicted octanol–water partition coefficient (Wildman–Crippen LogP) is 1.91. The van der Waals surface area contributed by atoms with Crippen LogP contribution in [0.25, 0.3) is 0 Å². The highest BCUT2D eigenvalue weighted by Gasteiger charge is 2.14. The van der Waals surface area contributed by atoms with Crippen molar-refractivity contribution in [2.75, 3.05) is 6.16 Å². The van der Waals surface area contributed by atoms with Crippen molar-refractivity contribution in [3.8, 4) is 0 Å². The first-order chi connectivity index (χ1) is 4.62.